The number of phenols is 2. The summed E-state index contributed by atoms with van der Waals surface area (Å²) in [6.07, 6.45) is 3.54. The van der Waals surface area contributed by atoms with Crippen molar-refractivity contribution >= 4 is 5.78 Å². The number of ether oxygens (including phenoxy) is 1. The highest BCUT2D eigenvalue weighted by atomic mass is 16.5. The van der Waals surface area contributed by atoms with Crippen molar-refractivity contribution in [2.75, 3.05) is 13.7 Å². The molecule has 2 aromatic carbocycles. The summed E-state index contributed by atoms with van der Waals surface area (Å²) in [6.45, 7) is 3.53. The Morgan fingerprint density at radius 2 is 1.96 bits per heavy atom. The molecule has 2 aromatic rings. The number of carbonyl (C=O) groups is 1. The van der Waals surface area contributed by atoms with Crippen LogP contribution in [0.1, 0.15) is 47.7 Å². The van der Waals surface area contributed by atoms with Gasteiger partial charge in [-0.2, -0.15) is 0 Å². The number of hydrogen-bond donors (Lipinski definition) is 2. The minimum absolute atomic E-state index is 0.0270. The Balaban J connectivity index is 1.84. The predicted molar refractivity (Wildman–Crippen MR) is 105 cm³/mol. The van der Waals surface area contributed by atoms with Crippen LogP contribution in [0.5, 0.6) is 17.2 Å². The molecule has 27 heavy (non-hydrogen) atoms. The summed E-state index contributed by atoms with van der Waals surface area (Å²) in [5.74, 6) is 0.350. The molecule has 1 fully saturated rings. The second-order valence-electron chi connectivity index (χ2n) is 7.19. The van der Waals surface area contributed by atoms with Crippen LogP contribution in [0, 0.1) is 0 Å². The van der Waals surface area contributed by atoms with Gasteiger partial charge in [-0.15, -0.1) is 0 Å². The van der Waals surface area contributed by atoms with Crippen molar-refractivity contribution in [2.24, 2.45) is 0 Å². The lowest BCUT2D eigenvalue weighted by Gasteiger charge is -2.33. The van der Waals surface area contributed by atoms with Crippen molar-refractivity contribution in [3.8, 4) is 17.2 Å². The third-order valence-electron chi connectivity index (χ3n) is 5.40. The number of Topliss-reactive ketones (excluding diaryl/α,β-unsaturated/α-hetero) is 1. The minimum atomic E-state index is -0.204. The van der Waals surface area contributed by atoms with E-state index < -0.39 is 0 Å². The van der Waals surface area contributed by atoms with Gasteiger partial charge in [-0.05, 0) is 44.5 Å². The van der Waals surface area contributed by atoms with Gasteiger partial charge >= 0.3 is 0 Å². The molecule has 3 rings (SSSR count). The van der Waals surface area contributed by atoms with Crippen molar-refractivity contribution < 1.29 is 19.7 Å². The van der Waals surface area contributed by atoms with Crippen molar-refractivity contribution in [1.29, 1.82) is 0 Å². The zero-order valence-corrected chi connectivity index (χ0v) is 15.9. The summed E-state index contributed by atoms with van der Waals surface area (Å²) in [4.78, 5) is 15.1. The highest BCUT2D eigenvalue weighted by molar-refractivity contribution is 6.00. The summed E-state index contributed by atoms with van der Waals surface area (Å²) < 4.78 is 5.31. The fourth-order valence-electron chi connectivity index (χ4n) is 3.72. The molecule has 0 amide bonds. The minimum Gasteiger partial charge on any atom is -0.507 e. The van der Waals surface area contributed by atoms with E-state index in [0.29, 0.717) is 23.9 Å². The zero-order valence-electron chi connectivity index (χ0n) is 15.9. The number of aromatic hydroxyl groups is 2. The molecule has 5 heteroatoms. The van der Waals surface area contributed by atoms with Crippen molar-refractivity contribution in [3.63, 3.8) is 0 Å². The van der Waals surface area contributed by atoms with Gasteiger partial charge in [0, 0.05) is 24.6 Å². The van der Waals surface area contributed by atoms with Crippen LogP contribution in [-0.4, -0.2) is 40.6 Å². The molecular weight excluding hydrogens is 342 g/mol. The molecule has 144 valence electrons. The summed E-state index contributed by atoms with van der Waals surface area (Å²) in [5, 5.41) is 21.0. The molecule has 0 spiro atoms. The van der Waals surface area contributed by atoms with Crippen LogP contribution < -0.4 is 4.74 Å². The van der Waals surface area contributed by atoms with Gasteiger partial charge in [0.1, 0.15) is 17.2 Å². The maximum Gasteiger partial charge on any atom is 0.171 e. The van der Waals surface area contributed by atoms with E-state index in [1.165, 1.54) is 18.6 Å². The Hall–Kier alpha value is -2.53. The molecule has 1 aliphatic rings. The Labute approximate surface area is 160 Å². The zero-order chi connectivity index (χ0) is 19.4. The molecule has 0 saturated carbocycles. The molecule has 0 bridgehead atoms. The van der Waals surface area contributed by atoms with E-state index in [1.807, 2.05) is 24.3 Å². The van der Waals surface area contributed by atoms with Gasteiger partial charge < -0.3 is 14.9 Å². The number of likely N-dealkylation sites (tertiary alicyclic amines) is 1. The van der Waals surface area contributed by atoms with Crippen LogP contribution in [-0.2, 0) is 13.0 Å². The van der Waals surface area contributed by atoms with Crippen LogP contribution in [0.3, 0.4) is 0 Å². The standard InChI is InChI=1S/C22H27NO4/c1-15-7-5-6-12-23(15)14-18-19(24)11-10-17(22(18)26)20(25)13-16-8-3-4-9-21(16)27-2/h3-4,8-11,15,24,26H,5-7,12-14H2,1-2H3/t15-/m1/s1. The first-order chi connectivity index (χ1) is 13.0. The number of benzene rings is 2. The number of phenolic OH excluding ortho intramolecular Hbond substituents is 2. The number of hydrogen-bond acceptors (Lipinski definition) is 5. The number of ketones is 1. The third-order valence-corrected chi connectivity index (χ3v) is 5.40. The number of methoxy groups -OCH3 is 1. The average Bonchev–Trinajstić information content (AvgIpc) is 2.67. The van der Waals surface area contributed by atoms with E-state index in [-0.39, 0.29) is 29.3 Å². The molecule has 2 N–H and O–H groups in total. The van der Waals surface area contributed by atoms with E-state index in [4.69, 9.17) is 4.74 Å². The van der Waals surface area contributed by atoms with Gasteiger partial charge in [0.2, 0.25) is 0 Å². The second kappa shape index (κ2) is 8.44. The average molecular weight is 369 g/mol. The highest BCUT2D eigenvalue weighted by Gasteiger charge is 2.24. The van der Waals surface area contributed by atoms with Crippen LogP contribution in [0.15, 0.2) is 36.4 Å². The van der Waals surface area contributed by atoms with Crippen LogP contribution in [0.25, 0.3) is 0 Å². The Morgan fingerprint density at radius 3 is 2.70 bits per heavy atom. The number of nitrogens with zero attached hydrogens (tertiary/aromatic N) is 1. The van der Waals surface area contributed by atoms with Crippen LogP contribution in [0.4, 0.5) is 0 Å². The number of piperidine rings is 1. The van der Waals surface area contributed by atoms with E-state index in [2.05, 4.69) is 11.8 Å². The lowest BCUT2D eigenvalue weighted by atomic mass is 9.97. The second-order valence-corrected chi connectivity index (χ2v) is 7.19. The predicted octanol–water partition coefficient (Wildman–Crippen LogP) is 3.91. The first-order valence-corrected chi connectivity index (χ1v) is 9.44. The molecule has 1 saturated heterocycles. The maximum atomic E-state index is 12.8. The van der Waals surface area contributed by atoms with Gasteiger partial charge in [-0.3, -0.25) is 9.69 Å². The Kier molecular flexibility index (Phi) is 6.01. The first kappa shape index (κ1) is 19.2. The smallest absolute Gasteiger partial charge is 0.171 e. The molecule has 5 nitrogen and oxygen atoms in total. The molecule has 1 aliphatic heterocycles. The number of para-hydroxylation sites is 1. The van der Waals surface area contributed by atoms with Crippen LogP contribution in [0.2, 0.25) is 0 Å². The lowest BCUT2D eigenvalue weighted by molar-refractivity contribution is 0.0988. The lowest BCUT2D eigenvalue weighted by Crippen LogP contribution is -2.36. The molecule has 1 atom stereocenters. The summed E-state index contributed by atoms with van der Waals surface area (Å²) in [7, 11) is 1.57. The third kappa shape index (κ3) is 4.25. The normalized spacial score (nSPS) is 17.6. The van der Waals surface area contributed by atoms with Gasteiger partial charge in [0.25, 0.3) is 0 Å². The molecule has 0 unspecified atom stereocenters. The first-order valence-electron chi connectivity index (χ1n) is 9.44. The SMILES string of the molecule is COc1ccccc1CC(=O)c1ccc(O)c(CN2CCCC[C@H]2C)c1O. The fourth-order valence-corrected chi connectivity index (χ4v) is 3.72. The van der Waals surface area contributed by atoms with Gasteiger partial charge in [-0.25, -0.2) is 0 Å². The largest absolute Gasteiger partial charge is 0.507 e. The van der Waals surface area contributed by atoms with Crippen molar-refractivity contribution in [1.82, 2.24) is 4.90 Å². The highest BCUT2D eigenvalue weighted by Crippen LogP contribution is 2.34. The van der Waals surface area contributed by atoms with Crippen molar-refractivity contribution in [2.45, 2.75) is 45.2 Å². The molecule has 1 heterocycles. The quantitative estimate of drug-likeness (QED) is 0.756. The monoisotopic (exact) mass is 369 g/mol. The summed E-state index contributed by atoms with van der Waals surface area (Å²) in [5.41, 5.74) is 1.43. The Bertz CT molecular complexity index is 818. The van der Waals surface area contributed by atoms with E-state index in [1.54, 1.807) is 7.11 Å². The van der Waals surface area contributed by atoms with Crippen LogP contribution >= 0.6 is 0 Å². The Morgan fingerprint density at radius 1 is 1.19 bits per heavy atom. The number of carbonyl (C=O) groups excluding carboxylic acids is 1. The van der Waals surface area contributed by atoms with E-state index in [9.17, 15) is 15.0 Å². The van der Waals surface area contributed by atoms with Gasteiger partial charge in [0.15, 0.2) is 5.78 Å². The fraction of sp³-hybridized carbons (Fsp3) is 0.409. The number of rotatable bonds is 6. The van der Waals surface area contributed by atoms with E-state index >= 15 is 0 Å². The summed E-state index contributed by atoms with van der Waals surface area (Å²) in [6, 6.07) is 10.7. The maximum absolute atomic E-state index is 12.8. The van der Waals surface area contributed by atoms with Crippen molar-refractivity contribution in [3.05, 3.63) is 53.1 Å². The molecule has 0 aliphatic carbocycles. The molecule has 0 radical (unpaired) electrons. The van der Waals surface area contributed by atoms with Gasteiger partial charge in [-0.1, -0.05) is 24.6 Å². The van der Waals surface area contributed by atoms with Gasteiger partial charge in [0.05, 0.1) is 18.2 Å². The topological polar surface area (TPSA) is 70.0 Å². The molecular formula is C22H27NO4. The summed E-state index contributed by atoms with van der Waals surface area (Å²) >= 11 is 0. The molecule has 0 aromatic heterocycles. The van der Waals surface area contributed by atoms with E-state index in [0.717, 1.165) is 24.9 Å².